The lowest BCUT2D eigenvalue weighted by atomic mass is 9.79. The third kappa shape index (κ3) is 4.68. The number of carbonyl (C=O) groups excluding carboxylic acids is 2. The van der Waals surface area contributed by atoms with Gasteiger partial charge in [-0.1, -0.05) is 29.3 Å². The van der Waals surface area contributed by atoms with Gasteiger partial charge in [-0.05, 0) is 59.2 Å². The Hall–Kier alpha value is -1.98. The van der Waals surface area contributed by atoms with E-state index in [1.165, 1.54) is 0 Å². The molecule has 30 heavy (non-hydrogen) atoms. The number of nitrogens with one attached hydrogen (secondary N) is 1. The summed E-state index contributed by atoms with van der Waals surface area (Å²) in [7, 11) is 0. The molecule has 1 heterocycles. The van der Waals surface area contributed by atoms with E-state index in [0.29, 0.717) is 47.4 Å². The van der Waals surface area contributed by atoms with Gasteiger partial charge in [0.15, 0.2) is 0 Å². The molecule has 0 fully saturated rings. The number of nitrogens with zero attached hydrogens (tertiary/aromatic N) is 2. The monoisotopic (exact) mass is 451 g/mol. The molecule has 2 amide bonds. The Morgan fingerprint density at radius 2 is 1.27 bits per heavy atom. The van der Waals surface area contributed by atoms with Gasteiger partial charge in [0, 0.05) is 54.6 Å². The third-order valence-corrected chi connectivity index (χ3v) is 6.34. The fourth-order valence-corrected chi connectivity index (χ4v) is 4.26. The highest BCUT2D eigenvalue weighted by molar-refractivity contribution is 6.42. The maximum atomic E-state index is 13.5. The topological polar surface area (TPSA) is 52.7 Å². The molecule has 0 aromatic heterocycles. The van der Waals surface area contributed by atoms with Crippen LogP contribution in [0.4, 0.5) is 0 Å². The van der Waals surface area contributed by atoms with E-state index in [0.717, 1.165) is 17.0 Å². The van der Waals surface area contributed by atoms with Gasteiger partial charge in [0.2, 0.25) is 0 Å². The average Bonchev–Trinajstić information content (AvgIpc) is 2.71. The van der Waals surface area contributed by atoms with Crippen LogP contribution in [-0.4, -0.2) is 47.8 Å². The maximum absolute atomic E-state index is 13.5. The maximum Gasteiger partial charge on any atom is 0.252 e. The zero-order valence-corrected chi connectivity index (χ0v) is 20.1. The number of amides is 2. The number of halogens is 2. The van der Waals surface area contributed by atoms with Gasteiger partial charge in [-0.15, -0.1) is 0 Å². The standard InChI is InChI=1S/C23H31Cl2N3O2/c1-7-27(8-2)22(29)19-14(5)26-15(6)20(23(30)28(9-3)10-4)21(19)16-11-12-17(24)18(25)13-16/h11-13,21,26H,7-10H2,1-6H3. The minimum absolute atomic E-state index is 0.0848. The molecule has 0 atom stereocenters. The first-order chi connectivity index (χ1) is 14.2. The summed E-state index contributed by atoms with van der Waals surface area (Å²) >= 11 is 12.5. The van der Waals surface area contributed by atoms with Gasteiger partial charge in [0.05, 0.1) is 10.0 Å². The normalized spacial score (nSPS) is 14.7. The Labute approximate surface area is 189 Å². The molecule has 1 aliphatic rings. The predicted molar refractivity (Wildman–Crippen MR) is 124 cm³/mol. The summed E-state index contributed by atoms with van der Waals surface area (Å²) in [6.07, 6.45) is 0. The van der Waals surface area contributed by atoms with Crippen LogP contribution in [0.1, 0.15) is 53.0 Å². The van der Waals surface area contributed by atoms with E-state index < -0.39 is 5.92 Å². The number of rotatable bonds is 7. The molecule has 0 radical (unpaired) electrons. The van der Waals surface area contributed by atoms with Gasteiger partial charge in [-0.25, -0.2) is 0 Å². The van der Waals surface area contributed by atoms with E-state index in [4.69, 9.17) is 23.2 Å². The van der Waals surface area contributed by atoms with E-state index in [2.05, 4.69) is 5.32 Å². The summed E-state index contributed by atoms with van der Waals surface area (Å²) in [5.41, 5.74) is 3.40. The van der Waals surface area contributed by atoms with Crippen molar-refractivity contribution in [1.82, 2.24) is 15.1 Å². The molecular weight excluding hydrogens is 421 g/mol. The van der Waals surface area contributed by atoms with Crippen molar-refractivity contribution in [3.05, 3.63) is 56.3 Å². The Bertz CT molecular complexity index is 838. The summed E-state index contributed by atoms with van der Waals surface area (Å²) in [6.45, 7) is 13.9. The molecule has 0 saturated carbocycles. The molecule has 1 aromatic rings. The second kappa shape index (κ2) is 10.4. The van der Waals surface area contributed by atoms with Crippen molar-refractivity contribution in [1.29, 1.82) is 0 Å². The smallest absolute Gasteiger partial charge is 0.252 e. The lowest BCUT2D eigenvalue weighted by Gasteiger charge is -2.35. The first kappa shape index (κ1) is 24.3. The minimum Gasteiger partial charge on any atom is -0.362 e. The summed E-state index contributed by atoms with van der Waals surface area (Å²) in [5.74, 6) is -0.695. The highest BCUT2D eigenvalue weighted by atomic mass is 35.5. The van der Waals surface area contributed by atoms with E-state index in [-0.39, 0.29) is 11.8 Å². The molecule has 7 heteroatoms. The van der Waals surface area contributed by atoms with Gasteiger partial charge in [-0.2, -0.15) is 0 Å². The molecule has 1 aromatic carbocycles. The molecule has 0 bridgehead atoms. The number of hydrogen-bond acceptors (Lipinski definition) is 3. The van der Waals surface area contributed by atoms with Gasteiger partial charge in [0.25, 0.3) is 11.8 Å². The minimum atomic E-state index is -0.526. The van der Waals surface area contributed by atoms with E-state index in [9.17, 15) is 9.59 Å². The number of carbonyl (C=O) groups is 2. The molecule has 0 saturated heterocycles. The van der Waals surface area contributed by atoms with Crippen LogP contribution >= 0.6 is 23.2 Å². The van der Waals surface area contributed by atoms with Crippen LogP contribution in [0.5, 0.6) is 0 Å². The quantitative estimate of drug-likeness (QED) is 0.636. The molecule has 5 nitrogen and oxygen atoms in total. The fourth-order valence-electron chi connectivity index (χ4n) is 3.95. The molecule has 2 rings (SSSR count). The van der Waals surface area contributed by atoms with Crippen LogP contribution in [0.15, 0.2) is 40.7 Å². The Morgan fingerprint density at radius 3 is 1.63 bits per heavy atom. The summed E-state index contributed by atoms with van der Waals surface area (Å²) in [6, 6.07) is 5.31. The summed E-state index contributed by atoms with van der Waals surface area (Å²) < 4.78 is 0. The number of benzene rings is 1. The molecule has 1 aliphatic heterocycles. The third-order valence-electron chi connectivity index (χ3n) is 5.60. The van der Waals surface area contributed by atoms with Crippen LogP contribution in [0.25, 0.3) is 0 Å². The van der Waals surface area contributed by atoms with Crippen molar-refractivity contribution < 1.29 is 9.59 Å². The van der Waals surface area contributed by atoms with Crippen molar-refractivity contribution in [2.75, 3.05) is 26.2 Å². The van der Waals surface area contributed by atoms with E-state index in [1.54, 1.807) is 21.9 Å². The zero-order chi connectivity index (χ0) is 22.6. The van der Waals surface area contributed by atoms with Gasteiger partial charge in [0.1, 0.15) is 0 Å². The van der Waals surface area contributed by atoms with Crippen molar-refractivity contribution in [3.63, 3.8) is 0 Å². The molecule has 0 aliphatic carbocycles. The summed E-state index contributed by atoms with van der Waals surface area (Å²) in [5, 5.41) is 4.11. The zero-order valence-electron chi connectivity index (χ0n) is 18.6. The second-order valence-electron chi connectivity index (χ2n) is 7.26. The Morgan fingerprint density at radius 1 is 0.833 bits per heavy atom. The first-order valence-electron chi connectivity index (χ1n) is 10.4. The van der Waals surface area contributed by atoms with Gasteiger partial charge >= 0.3 is 0 Å². The second-order valence-corrected chi connectivity index (χ2v) is 8.08. The first-order valence-corrected chi connectivity index (χ1v) is 11.2. The van der Waals surface area contributed by atoms with Crippen molar-refractivity contribution in [2.24, 2.45) is 0 Å². The van der Waals surface area contributed by atoms with Crippen LogP contribution < -0.4 is 5.32 Å². The highest BCUT2D eigenvalue weighted by Gasteiger charge is 2.38. The van der Waals surface area contributed by atoms with E-state index >= 15 is 0 Å². The average molecular weight is 452 g/mol. The van der Waals surface area contributed by atoms with Crippen molar-refractivity contribution in [3.8, 4) is 0 Å². The Kier molecular flexibility index (Phi) is 8.39. The molecule has 0 spiro atoms. The molecular formula is C23H31Cl2N3O2. The lowest BCUT2D eigenvalue weighted by molar-refractivity contribution is -0.127. The molecule has 0 unspecified atom stereocenters. The van der Waals surface area contributed by atoms with Crippen LogP contribution in [-0.2, 0) is 9.59 Å². The van der Waals surface area contributed by atoms with Crippen LogP contribution in [0.2, 0.25) is 10.0 Å². The molecule has 164 valence electrons. The van der Waals surface area contributed by atoms with Crippen LogP contribution in [0.3, 0.4) is 0 Å². The van der Waals surface area contributed by atoms with E-state index in [1.807, 2.05) is 47.6 Å². The largest absolute Gasteiger partial charge is 0.362 e. The molecule has 1 N–H and O–H groups in total. The fraction of sp³-hybridized carbons (Fsp3) is 0.478. The van der Waals surface area contributed by atoms with Crippen LogP contribution in [0, 0.1) is 0 Å². The SMILES string of the molecule is CCN(CC)C(=O)C1=C(C)NC(C)=C(C(=O)N(CC)CC)C1c1ccc(Cl)c(Cl)c1. The Balaban J connectivity index is 2.74. The number of dihydropyridines is 1. The number of hydrogen-bond donors (Lipinski definition) is 1. The highest BCUT2D eigenvalue weighted by Crippen LogP contribution is 2.41. The van der Waals surface area contributed by atoms with Gasteiger partial charge < -0.3 is 15.1 Å². The number of likely N-dealkylation sites (N-methyl/N-ethyl adjacent to an activating group) is 2. The lowest BCUT2D eigenvalue weighted by Crippen LogP contribution is -2.42. The van der Waals surface area contributed by atoms with Gasteiger partial charge in [-0.3, -0.25) is 9.59 Å². The predicted octanol–water partition coefficient (Wildman–Crippen LogP) is 4.97. The number of allylic oxidation sites excluding steroid dienone is 2. The van der Waals surface area contributed by atoms with Crippen molar-refractivity contribution in [2.45, 2.75) is 47.5 Å². The summed E-state index contributed by atoms with van der Waals surface area (Å²) in [4.78, 5) is 30.6. The van der Waals surface area contributed by atoms with Crippen molar-refractivity contribution >= 4 is 35.0 Å².